The summed E-state index contributed by atoms with van der Waals surface area (Å²) < 4.78 is 0. The van der Waals surface area contributed by atoms with Crippen molar-refractivity contribution in [2.24, 2.45) is 0 Å². The topological polar surface area (TPSA) is 18.5 Å². The molecule has 4 aliphatic rings. The van der Waals surface area contributed by atoms with Gasteiger partial charge in [0.25, 0.3) is 0 Å². The number of hydrogen-bond donors (Lipinski definition) is 1. The van der Waals surface area contributed by atoms with Gasteiger partial charge >= 0.3 is 0 Å². The Morgan fingerprint density at radius 1 is 0.913 bits per heavy atom. The first kappa shape index (κ1) is 14.3. The van der Waals surface area contributed by atoms with Crippen LogP contribution >= 0.6 is 0 Å². The molecule has 1 aromatic rings. The van der Waals surface area contributed by atoms with Crippen molar-refractivity contribution in [1.82, 2.24) is 10.2 Å². The summed E-state index contributed by atoms with van der Waals surface area (Å²) in [6, 6.07) is 8.85. The molecule has 0 spiro atoms. The quantitative estimate of drug-likeness (QED) is 0.904. The molecule has 0 amide bonds. The van der Waals surface area contributed by atoms with E-state index in [4.69, 9.17) is 0 Å². The molecule has 2 aliphatic carbocycles. The molecule has 0 aromatic heterocycles. The Hall–Kier alpha value is -1.06. The molecule has 124 valence electrons. The molecule has 1 aromatic carbocycles. The Morgan fingerprint density at radius 2 is 1.74 bits per heavy atom. The van der Waals surface area contributed by atoms with Gasteiger partial charge in [-0.05, 0) is 61.4 Å². The van der Waals surface area contributed by atoms with Crippen LogP contribution in [-0.4, -0.2) is 43.7 Å². The van der Waals surface area contributed by atoms with Crippen LogP contribution in [0.5, 0.6) is 0 Å². The molecule has 3 nitrogen and oxygen atoms in total. The van der Waals surface area contributed by atoms with Crippen molar-refractivity contribution in [3.8, 4) is 0 Å². The first-order chi connectivity index (χ1) is 11.4. The number of piperidine rings is 1. The summed E-state index contributed by atoms with van der Waals surface area (Å²) in [4.78, 5) is 5.37. The highest BCUT2D eigenvalue weighted by Gasteiger charge is 2.34. The van der Waals surface area contributed by atoms with Gasteiger partial charge in [-0.1, -0.05) is 18.9 Å². The van der Waals surface area contributed by atoms with E-state index in [2.05, 4.69) is 33.3 Å². The molecule has 2 bridgehead atoms. The van der Waals surface area contributed by atoms with E-state index in [1.54, 1.807) is 11.1 Å². The zero-order valence-corrected chi connectivity index (χ0v) is 14.1. The van der Waals surface area contributed by atoms with E-state index < -0.39 is 0 Å². The predicted molar refractivity (Wildman–Crippen MR) is 95.2 cm³/mol. The number of anilines is 1. The molecule has 1 N–H and O–H groups in total. The third kappa shape index (κ3) is 2.49. The van der Waals surface area contributed by atoms with Gasteiger partial charge in [0, 0.05) is 44.0 Å². The number of nitrogens with one attached hydrogen (secondary N) is 1. The normalized spacial score (nSPS) is 31.6. The Bertz CT molecular complexity index is 570. The van der Waals surface area contributed by atoms with Gasteiger partial charge in [0.2, 0.25) is 0 Å². The Morgan fingerprint density at radius 3 is 2.57 bits per heavy atom. The maximum Gasteiger partial charge on any atom is 0.0370 e. The Balaban J connectivity index is 1.30. The molecule has 3 fully saturated rings. The van der Waals surface area contributed by atoms with Gasteiger partial charge in [-0.25, -0.2) is 0 Å². The number of hydrogen-bond acceptors (Lipinski definition) is 3. The molecular weight excluding hydrogens is 282 g/mol. The van der Waals surface area contributed by atoms with Crippen LogP contribution in [0.4, 0.5) is 5.69 Å². The fourth-order valence-electron chi connectivity index (χ4n) is 5.48. The highest BCUT2D eigenvalue weighted by atomic mass is 15.3. The monoisotopic (exact) mass is 311 g/mol. The van der Waals surface area contributed by atoms with Crippen LogP contribution < -0.4 is 10.2 Å². The fourth-order valence-corrected chi connectivity index (χ4v) is 5.48. The molecule has 2 heterocycles. The lowest BCUT2D eigenvalue weighted by Gasteiger charge is -2.39. The molecule has 2 unspecified atom stereocenters. The molecule has 2 atom stereocenters. The predicted octanol–water partition coefficient (Wildman–Crippen LogP) is 3.27. The first-order valence-electron chi connectivity index (χ1n) is 9.75. The molecular formula is C20H29N3. The zero-order valence-electron chi connectivity index (χ0n) is 14.1. The van der Waals surface area contributed by atoms with Crippen LogP contribution in [0.3, 0.4) is 0 Å². The van der Waals surface area contributed by atoms with Crippen LogP contribution in [0.25, 0.3) is 0 Å². The minimum atomic E-state index is 0.628. The lowest BCUT2D eigenvalue weighted by atomic mass is 9.96. The van der Waals surface area contributed by atoms with E-state index in [1.165, 1.54) is 76.9 Å². The van der Waals surface area contributed by atoms with Gasteiger partial charge in [-0.3, -0.25) is 4.90 Å². The zero-order chi connectivity index (χ0) is 15.2. The van der Waals surface area contributed by atoms with E-state index in [0.29, 0.717) is 6.04 Å². The SMILES string of the molecule is c1cc2c(cc1N1CCN(C3CCCC3)CC1)C1CC2CCN1. The number of benzene rings is 1. The summed E-state index contributed by atoms with van der Waals surface area (Å²) in [5.74, 6) is 0.824. The van der Waals surface area contributed by atoms with E-state index >= 15 is 0 Å². The summed E-state index contributed by atoms with van der Waals surface area (Å²) in [6.45, 7) is 6.12. The van der Waals surface area contributed by atoms with Crippen molar-refractivity contribution < 1.29 is 0 Å². The van der Waals surface area contributed by atoms with Gasteiger partial charge in [0.05, 0.1) is 0 Å². The van der Waals surface area contributed by atoms with Crippen LogP contribution in [0.2, 0.25) is 0 Å². The van der Waals surface area contributed by atoms with E-state index in [1.807, 2.05) is 0 Å². The van der Waals surface area contributed by atoms with Crippen LogP contribution in [0.15, 0.2) is 18.2 Å². The second-order valence-corrected chi connectivity index (χ2v) is 8.00. The van der Waals surface area contributed by atoms with E-state index in [0.717, 1.165) is 12.0 Å². The summed E-state index contributed by atoms with van der Waals surface area (Å²) in [5.41, 5.74) is 4.70. The van der Waals surface area contributed by atoms with Gasteiger partial charge < -0.3 is 10.2 Å². The number of fused-ring (bicyclic) bond motifs is 5. The highest BCUT2D eigenvalue weighted by Crippen LogP contribution is 2.45. The van der Waals surface area contributed by atoms with Crippen molar-refractivity contribution in [2.45, 2.75) is 56.5 Å². The van der Waals surface area contributed by atoms with Crippen LogP contribution in [0, 0.1) is 0 Å². The fraction of sp³-hybridized carbons (Fsp3) is 0.700. The second-order valence-electron chi connectivity index (χ2n) is 8.00. The van der Waals surface area contributed by atoms with Gasteiger partial charge in [-0.15, -0.1) is 0 Å². The van der Waals surface area contributed by atoms with Crippen molar-refractivity contribution in [3.05, 3.63) is 29.3 Å². The summed E-state index contributed by atoms with van der Waals surface area (Å²) in [5, 5.41) is 3.71. The molecule has 0 radical (unpaired) electrons. The van der Waals surface area contributed by atoms with E-state index in [-0.39, 0.29) is 0 Å². The summed E-state index contributed by atoms with van der Waals surface area (Å²) in [7, 11) is 0. The smallest absolute Gasteiger partial charge is 0.0370 e. The minimum Gasteiger partial charge on any atom is -0.369 e. The maximum atomic E-state index is 3.71. The Labute approximate surface area is 140 Å². The summed E-state index contributed by atoms with van der Waals surface area (Å²) >= 11 is 0. The van der Waals surface area contributed by atoms with Crippen molar-refractivity contribution in [3.63, 3.8) is 0 Å². The van der Waals surface area contributed by atoms with Crippen molar-refractivity contribution >= 4 is 5.69 Å². The van der Waals surface area contributed by atoms with Gasteiger partial charge in [-0.2, -0.15) is 0 Å². The average molecular weight is 311 g/mol. The highest BCUT2D eigenvalue weighted by molar-refractivity contribution is 5.55. The molecule has 1 saturated carbocycles. The van der Waals surface area contributed by atoms with Gasteiger partial charge in [0.15, 0.2) is 0 Å². The molecule has 2 aliphatic heterocycles. The number of nitrogens with zero attached hydrogens (tertiary/aromatic N) is 2. The standard InChI is InChI=1S/C20H29N3/c1-2-4-16(3-1)22-9-11-23(12-10-22)17-5-6-18-15-7-8-21-20(13-15)19(18)14-17/h5-6,14-16,20-21H,1-4,7-13H2. The largest absolute Gasteiger partial charge is 0.369 e. The maximum absolute atomic E-state index is 3.71. The van der Waals surface area contributed by atoms with E-state index in [9.17, 15) is 0 Å². The number of piperazine rings is 1. The van der Waals surface area contributed by atoms with Crippen molar-refractivity contribution in [1.29, 1.82) is 0 Å². The van der Waals surface area contributed by atoms with Gasteiger partial charge in [0.1, 0.15) is 0 Å². The third-order valence-corrected chi connectivity index (χ3v) is 6.81. The average Bonchev–Trinajstić information content (AvgIpc) is 3.23. The van der Waals surface area contributed by atoms with Crippen LogP contribution in [-0.2, 0) is 0 Å². The third-order valence-electron chi connectivity index (χ3n) is 6.81. The lowest BCUT2D eigenvalue weighted by Crippen LogP contribution is -2.49. The molecule has 2 saturated heterocycles. The summed E-state index contributed by atoms with van der Waals surface area (Å²) in [6.07, 6.45) is 8.43. The molecule has 5 rings (SSSR count). The molecule has 3 heteroatoms. The van der Waals surface area contributed by atoms with Crippen molar-refractivity contribution in [2.75, 3.05) is 37.6 Å². The Kier molecular flexibility index (Phi) is 3.60. The second kappa shape index (κ2) is 5.78. The van der Waals surface area contributed by atoms with Crippen LogP contribution in [0.1, 0.15) is 61.6 Å². The minimum absolute atomic E-state index is 0.628. The first-order valence-corrected chi connectivity index (χ1v) is 9.75. The number of rotatable bonds is 2. The molecule has 23 heavy (non-hydrogen) atoms. The lowest BCUT2D eigenvalue weighted by molar-refractivity contribution is 0.187.